The zero-order valence-electron chi connectivity index (χ0n) is 24.8. The number of rotatable bonds is 9. The van der Waals surface area contributed by atoms with Gasteiger partial charge in [-0.3, -0.25) is 9.56 Å². The van der Waals surface area contributed by atoms with Crippen LogP contribution >= 0.6 is 7.60 Å². The second-order valence-corrected chi connectivity index (χ2v) is 13.8. The van der Waals surface area contributed by atoms with E-state index in [2.05, 4.69) is 17.5 Å². The highest BCUT2D eigenvalue weighted by atomic mass is 31.2. The molecule has 0 radical (unpaired) electrons. The van der Waals surface area contributed by atoms with Gasteiger partial charge in [-0.1, -0.05) is 48.6 Å². The molecule has 2 atom stereocenters. The molecule has 0 spiro atoms. The molecule has 0 aliphatic heterocycles. The molecule has 2 aromatic carbocycles. The van der Waals surface area contributed by atoms with Crippen molar-refractivity contribution in [2.24, 2.45) is 4.99 Å². The molecular weight excluding hydrogens is 542 g/mol. The number of carbonyl (C=O) groups excluding carboxylic acids is 1. The van der Waals surface area contributed by atoms with Crippen LogP contribution in [0.5, 0.6) is 0 Å². The number of hydrogen-bond donors (Lipinski definition) is 1. The predicted octanol–water partition coefficient (Wildman–Crippen LogP) is 8.37. The van der Waals surface area contributed by atoms with Crippen molar-refractivity contribution < 1.29 is 27.5 Å². The lowest BCUT2D eigenvalue weighted by molar-refractivity contribution is 0.0498. The first-order chi connectivity index (χ1) is 19.3. The number of carbonyl (C=O) groups is 1. The van der Waals surface area contributed by atoms with Crippen molar-refractivity contribution in [1.29, 1.82) is 0 Å². The minimum Gasteiger partial charge on any atom is -0.444 e. The van der Waals surface area contributed by atoms with Crippen molar-refractivity contribution in [3.63, 3.8) is 0 Å². The fourth-order valence-corrected chi connectivity index (χ4v) is 7.37. The predicted molar refractivity (Wildman–Crippen MR) is 161 cm³/mol. The van der Waals surface area contributed by atoms with Crippen LogP contribution < -0.4 is 5.32 Å². The maximum absolute atomic E-state index is 14.9. The number of amides is 1. The highest BCUT2D eigenvalue weighted by Crippen LogP contribution is 2.60. The SMILES string of the molecule is CC(C)OP(=O)(OC(C)C)C(N=C1C2=C(C=CCC2)c2ccccc21)C(NC(=O)OC(C)(C)C)c1ccc(F)cc1. The molecule has 0 saturated carbocycles. The normalized spacial score (nSPS) is 17.6. The minimum atomic E-state index is -4.09. The van der Waals surface area contributed by atoms with Crippen molar-refractivity contribution in [1.82, 2.24) is 5.32 Å². The van der Waals surface area contributed by atoms with E-state index in [1.165, 1.54) is 24.3 Å². The minimum absolute atomic E-state index is 0.443. The molecule has 0 aromatic heterocycles. The monoisotopic (exact) mass is 582 g/mol. The number of halogens is 1. The molecule has 1 N–H and O–H groups in total. The number of alkyl carbamates (subject to hydrolysis) is 1. The smallest absolute Gasteiger partial charge is 0.408 e. The quantitative estimate of drug-likeness (QED) is 0.300. The highest BCUT2D eigenvalue weighted by molar-refractivity contribution is 7.54. The molecule has 41 heavy (non-hydrogen) atoms. The number of nitrogens with zero attached hydrogens (tertiary/aromatic N) is 1. The van der Waals surface area contributed by atoms with Crippen molar-refractivity contribution in [2.75, 3.05) is 0 Å². The number of nitrogens with one attached hydrogen (secondary N) is 1. The molecule has 0 saturated heterocycles. The van der Waals surface area contributed by atoms with Crippen LogP contribution in [0, 0.1) is 5.82 Å². The summed E-state index contributed by atoms with van der Waals surface area (Å²) in [6.07, 6.45) is 4.16. The number of benzene rings is 2. The fraction of sp³-hybridized carbons (Fsp3) is 0.438. The largest absolute Gasteiger partial charge is 0.444 e. The topological polar surface area (TPSA) is 86.2 Å². The third-order valence-corrected chi connectivity index (χ3v) is 8.92. The van der Waals surface area contributed by atoms with E-state index in [1.807, 2.05) is 24.3 Å². The van der Waals surface area contributed by atoms with Crippen LogP contribution in [0.1, 0.15) is 84.0 Å². The lowest BCUT2D eigenvalue weighted by atomic mass is 9.97. The van der Waals surface area contributed by atoms with E-state index in [0.717, 1.165) is 35.1 Å². The molecule has 1 amide bonds. The Labute approximate surface area is 242 Å². The summed E-state index contributed by atoms with van der Waals surface area (Å²) in [5, 5.41) is 2.88. The van der Waals surface area contributed by atoms with Crippen LogP contribution in [0.4, 0.5) is 9.18 Å². The van der Waals surface area contributed by atoms with Gasteiger partial charge >= 0.3 is 13.7 Å². The van der Waals surface area contributed by atoms with Gasteiger partial charge in [-0.05, 0) is 95.7 Å². The fourth-order valence-electron chi connectivity index (χ4n) is 5.03. The third kappa shape index (κ3) is 7.42. The van der Waals surface area contributed by atoms with Crippen LogP contribution in [-0.2, 0) is 18.3 Å². The summed E-state index contributed by atoms with van der Waals surface area (Å²) in [6, 6.07) is 12.6. The van der Waals surface area contributed by atoms with Gasteiger partial charge in [0.1, 0.15) is 11.4 Å². The molecule has 2 aromatic rings. The van der Waals surface area contributed by atoms with Crippen molar-refractivity contribution in [2.45, 2.75) is 90.9 Å². The molecule has 0 heterocycles. The average Bonchev–Trinajstić information content (AvgIpc) is 3.18. The average molecular weight is 583 g/mol. The Hall–Kier alpha value is -3.06. The van der Waals surface area contributed by atoms with Gasteiger partial charge in [0.05, 0.1) is 24.0 Å². The van der Waals surface area contributed by atoms with Crippen LogP contribution in [0.3, 0.4) is 0 Å². The van der Waals surface area contributed by atoms with Crippen LogP contribution in [0.2, 0.25) is 0 Å². The Morgan fingerprint density at radius 2 is 1.59 bits per heavy atom. The molecular formula is C32H40FN2O5P. The summed E-state index contributed by atoms with van der Waals surface area (Å²) in [7, 11) is -4.09. The van der Waals surface area contributed by atoms with E-state index in [0.29, 0.717) is 11.3 Å². The number of aliphatic imine (C=N–C) groups is 1. The maximum atomic E-state index is 14.9. The molecule has 2 aliphatic rings. The molecule has 9 heteroatoms. The van der Waals surface area contributed by atoms with Crippen LogP contribution in [-0.4, -0.2) is 35.4 Å². The van der Waals surface area contributed by atoms with Crippen molar-refractivity contribution in [3.05, 3.63) is 88.8 Å². The maximum Gasteiger partial charge on any atom is 0.408 e. The molecule has 0 bridgehead atoms. The van der Waals surface area contributed by atoms with E-state index >= 15 is 0 Å². The van der Waals surface area contributed by atoms with Gasteiger partial charge in [-0.2, -0.15) is 0 Å². The van der Waals surface area contributed by atoms with Gasteiger partial charge in [0.15, 0.2) is 5.78 Å². The number of fused-ring (bicyclic) bond motifs is 2. The molecule has 4 rings (SSSR count). The second-order valence-electron chi connectivity index (χ2n) is 11.8. The van der Waals surface area contributed by atoms with Gasteiger partial charge in [-0.15, -0.1) is 0 Å². The Bertz CT molecular complexity index is 1390. The standard InChI is InChI=1S/C32H40FN2O5P/c1-20(2)39-41(37,40-21(3)4)30(28(22-16-18-23(33)19-17-22)35-31(36)38-32(5,6)7)34-29-26-14-10-8-12-24(26)25-13-9-11-15-27(25)29/h8-10,12-14,16-21,28,30H,11,15H2,1-7H3,(H,35,36). The summed E-state index contributed by atoms with van der Waals surface area (Å²) in [5.41, 5.74) is 4.44. The molecule has 2 aliphatic carbocycles. The Kier molecular flexibility index (Phi) is 9.37. The molecule has 220 valence electrons. The first-order valence-electron chi connectivity index (χ1n) is 14.1. The van der Waals surface area contributed by atoms with Gasteiger partial charge in [-0.25, -0.2) is 9.18 Å². The van der Waals surface area contributed by atoms with Crippen LogP contribution in [0.25, 0.3) is 5.57 Å². The van der Waals surface area contributed by atoms with Crippen LogP contribution in [0.15, 0.2) is 71.2 Å². The van der Waals surface area contributed by atoms with Crippen molar-refractivity contribution >= 4 is 25.0 Å². The van der Waals surface area contributed by atoms with Gasteiger partial charge in [0.2, 0.25) is 0 Å². The zero-order valence-corrected chi connectivity index (χ0v) is 25.7. The first kappa shape index (κ1) is 30.9. The Morgan fingerprint density at radius 1 is 0.976 bits per heavy atom. The number of ether oxygens (including phenoxy) is 1. The zero-order chi connectivity index (χ0) is 29.9. The van der Waals surface area contributed by atoms with E-state index in [9.17, 15) is 13.8 Å². The van der Waals surface area contributed by atoms with E-state index in [4.69, 9.17) is 18.8 Å². The number of hydrogen-bond acceptors (Lipinski definition) is 6. The summed E-state index contributed by atoms with van der Waals surface area (Å²) >= 11 is 0. The van der Waals surface area contributed by atoms with Gasteiger partial charge in [0, 0.05) is 5.56 Å². The summed E-state index contributed by atoms with van der Waals surface area (Å²) in [4.78, 5) is 18.4. The summed E-state index contributed by atoms with van der Waals surface area (Å²) in [6.45, 7) is 12.3. The molecule has 0 fully saturated rings. The second kappa shape index (κ2) is 12.4. The Morgan fingerprint density at radius 3 is 2.17 bits per heavy atom. The molecule has 2 unspecified atom stereocenters. The lowest BCUT2D eigenvalue weighted by Crippen LogP contribution is -2.40. The third-order valence-electron chi connectivity index (χ3n) is 6.43. The highest BCUT2D eigenvalue weighted by Gasteiger charge is 2.46. The van der Waals surface area contributed by atoms with E-state index in [-0.39, 0.29) is 0 Å². The molecule has 7 nitrogen and oxygen atoms in total. The summed E-state index contributed by atoms with van der Waals surface area (Å²) in [5.74, 6) is -1.66. The first-order valence-corrected chi connectivity index (χ1v) is 15.7. The van der Waals surface area contributed by atoms with E-state index in [1.54, 1.807) is 48.5 Å². The summed E-state index contributed by atoms with van der Waals surface area (Å²) < 4.78 is 46.7. The Balaban J connectivity index is 1.96. The lowest BCUT2D eigenvalue weighted by Gasteiger charge is -2.34. The number of allylic oxidation sites excluding steroid dienone is 4. The van der Waals surface area contributed by atoms with Crippen molar-refractivity contribution in [3.8, 4) is 0 Å². The van der Waals surface area contributed by atoms with Gasteiger partial charge < -0.3 is 19.1 Å². The van der Waals surface area contributed by atoms with E-state index < -0.39 is 49.1 Å². The van der Waals surface area contributed by atoms with Gasteiger partial charge in [0.25, 0.3) is 0 Å².